The van der Waals surface area contributed by atoms with Gasteiger partial charge in [0, 0.05) is 12.2 Å². The van der Waals surface area contributed by atoms with E-state index >= 15 is 0 Å². The Morgan fingerprint density at radius 3 is 2.60 bits per heavy atom. The average Bonchev–Trinajstić information content (AvgIpc) is 2.25. The van der Waals surface area contributed by atoms with Crippen molar-refractivity contribution in [3.05, 3.63) is 24.0 Å². The molecule has 0 aromatic carbocycles. The van der Waals surface area contributed by atoms with Crippen LogP contribution < -0.4 is 5.32 Å². The van der Waals surface area contributed by atoms with E-state index < -0.39 is 0 Å². The van der Waals surface area contributed by atoms with Crippen LogP contribution in [-0.2, 0) is 0 Å². The zero-order valence-corrected chi connectivity index (χ0v) is 9.90. The van der Waals surface area contributed by atoms with Gasteiger partial charge in [-0.2, -0.15) is 10.2 Å². The molecular weight excluding hydrogens is 186 g/mol. The Balaban J connectivity index is 2.43. The van der Waals surface area contributed by atoms with Gasteiger partial charge < -0.3 is 5.32 Å². The summed E-state index contributed by atoms with van der Waals surface area (Å²) in [6.45, 7) is 4.53. The third-order valence-electron chi connectivity index (χ3n) is 2.63. The fourth-order valence-electron chi connectivity index (χ4n) is 1.71. The highest BCUT2D eigenvalue weighted by Crippen LogP contribution is 2.19. The van der Waals surface area contributed by atoms with E-state index in [0.717, 1.165) is 5.92 Å². The molecule has 3 nitrogen and oxygen atoms in total. The zero-order valence-electron chi connectivity index (χ0n) is 9.90. The van der Waals surface area contributed by atoms with Crippen molar-refractivity contribution < 1.29 is 0 Å². The number of rotatable bonds is 6. The van der Waals surface area contributed by atoms with E-state index in [4.69, 9.17) is 0 Å². The lowest BCUT2D eigenvalue weighted by Gasteiger charge is -2.16. The summed E-state index contributed by atoms with van der Waals surface area (Å²) in [5.41, 5.74) is 1.23. The van der Waals surface area contributed by atoms with Crippen molar-refractivity contribution in [2.75, 3.05) is 7.05 Å². The summed E-state index contributed by atoms with van der Waals surface area (Å²) in [5.74, 6) is 0.790. The molecule has 0 fully saturated rings. The molecule has 1 atom stereocenters. The molecule has 1 N–H and O–H groups in total. The lowest BCUT2D eigenvalue weighted by atomic mass is 9.99. The summed E-state index contributed by atoms with van der Waals surface area (Å²) < 4.78 is 0. The number of nitrogens with one attached hydrogen (secondary N) is 1. The summed E-state index contributed by atoms with van der Waals surface area (Å²) >= 11 is 0. The highest BCUT2D eigenvalue weighted by molar-refractivity contribution is 5.10. The van der Waals surface area contributed by atoms with Crippen LogP contribution in [0.25, 0.3) is 0 Å². The Morgan fingerprint density at radius 2 is 2.07 bits per heavy atom. The van der Waals surface area contributed by atoms with Crippen molar-refractivity contribution in [2.24, 2.45) is 5.92 Å². The third-order valence-corrected chi connectivity index (χ3v) is 2.63. The molecule has 1 rings (SSSR count). The maximum atomic E-state index is 3.91. The highest BCUT2D eigenvalue weighted by Gasteiger charge is 2.08. The Bertz CT molecular complexity index is 259. The molecule has 0 bridgehead atoms. The molecule has 1 heterocycles. The number of hydrogen-bond donors (Lipinski definition) is 1. The Labute approximate surface area is 92.3 Å². The van der Waals surface area contributed by atoms with Gasteiger partial charge in [-0.3, -0.25) is 0 Å². The van der Waals surface area contributed by atoms with Crippen molar-refractivity contribution in [3.63, 3.8) is 0 Å². The molecular formula is C12H21N3. The van der Waals surface area contributed by atoms with E-state index in [1.54, 1.807) is 6.20 Å². The molecule has 0 aliphatic heterocycles. The standard InChI is InChI=1S/C12H21N3/c1-10(2)5-4-6-12(13-3)11-7-8-14-15-9-11/h7-10,12-13H,4-6H2,1-3H3. The molecule has 0 saturated carbocycles. The largest absolute Gasteiger partial charge is 0.313 e. The van der Waals surface area contributed by atoms with Gasteiger partial charge in [-0.15, -0.1) is 0 Å². The first-order valence-corrected chi connectivity index (χ1v) is 5.68. The van der Waals surface area contributed by atoms with Crippen molar-refractivity contribution in [1.29, 1.82) is 0 Å². The lowest BCUT2D eigenvalue weighted by molar-refractivity contribution is 0.469. The SMILES string of the molecule is CNC(CCCC(C)C)c1ccnnc1. The number of hydrogen-bond acceptors (Lipinski definition) is 3. The summed E-state index contributed by atoms with van der Waals surface area (Å²) in [5, 5.41) is 11.0. The first-order valence-electron chi connectivity index (χ1n) is 5.68. The lowest BCUT2D eigenvalue weighted by Crippen LogP contribution is -2.16. The second-order valence-corrected chi connectivity index (χ2v) is 4.34. The van der Waals surface area contributed by atoms with Gasteiger partial charge in [0.2, 0.25) is 0 Å². The van der Waals surface area contributed by atoms with Gasteiger partial charge in [0.05, 0.1) is 6.20 Å². The van der Waals surface area contributed by atoms with E-state index in [0.29, 0.717) is 6.04 Å². The van der Waals surface area contributed by atoms with Crippen LogP contribution >= 0.6 is 0 Å². The van der Waals surface area contributed by atoms with Crippen LogP contribution in [0.4, 0.5) is 0 Å². The Kier molecular flexibility index (Phi) is 5.26. The molecule has 84 valence electrons. The van der Waals surface area contributed by atoms with Crippen LogP contribution in [-0.4, -0.2) is 17.2 Å². The van der Waals surface area contributed by atoms with Crippen molar-refractivity contribution >= 4 is 0 Å². The zero-order chi connectivity index (χ0) is 11.1. The van der Waals surface area contributed by atoms with Gasteiger partial charge in [0.25, 0.3) is 0 Å². The fraction of sp³-hybridized carbons (Fsp3) is 0.667. The topological polar surface area (TPSA) is 37.8 Å². The Morgan fingerprint density at radius 1 is 1.27 bits per heavy atom. The van der Waals surface area contributed by atoms with E-state index in [9.17, 15) is 0 Å². The van der Waals surface area contributed by atoms with E-state index in [2.05, 4.69) is 29.4 Å². The molecule has 1 aromatic heterocycles. The quantitative estimate of drug-likeness (QED) is 0.779. The molecule has 0 spiro atoms. The van der Waals surface area contributed by atoms with Gasteiger partial charge >= 0.3 is 0 Å². The summed E-state index contributed by atoms with van der Waals surface area (Å²) in [6.07, 6.45) is 7.31. The molecule has 0 saturated heterocycles. The smallest absolute Gasteiger partial charge is 0.0544 e. The summed E-state index contributed by atoms with van der Waals surface area (Å²) in [4.78, 5) is 0. The fourth-order valence-corrected chi connectivity index (χ4v) is 1.71. The van der Waals surface area contributed by atoms with Gasteiger partial charge in [0.15, 0.2) is 0 Å². The van der Waals surface area contributed by atoms with Crippen LogP contribution in [0.5, 0.6) is 0 Å². The van der Waals surface area contributed by atoms with Crippen LogP contribution in [0.15, 0.2) is 18.5 Å². The minimum Gasteiger partial charge on any atom is -0.313 e. The number of nitrogens with zero attached hydrogens (tertiary/aromatic N) is 2. The average molecular weight is 207 g/mol. The van der Waals surface area contributed by atoms with E-state index in [1.807, 2.05) is 19.3 Å². The second kappa shape index (κ2) is 6.51. The van der Waals surface area contributed by atoms with Gasteiger partial charge in [-0.05, 0) is 31.0 Å². The predicted octanol–water partition coefficient (Wildman–Crippen LogP) is 2.56. The van der Waals surface area contributed by atoms with Crippen LogP contribution in [0.3, 0.4) is 0 Å². The van der Waals surface area contributed by atoms with Crippen molar-refractivity contribution in [2.45, 2.75) is 39.2 Å². The third kappa shape index (κ3) is 4.38. The highest BCUT2D eigenvalue weighted by atomic mass is 15.1. The summed E-state index contributed by atoms with van der Waals surface area (Å²) in [6, 6.07) is 2.45. The van der Waals surface area contributed by atoms with Gasteiger partial charge in [-0.1, -0.05) is 26.7 Å². The molecule has 0 radical (unpaired) electrons. The molecule has 1 aromatic rings. The molecule has 0 amide bonds. The monoisotopic (exact) mass is 207 g/mol. The van der Waals surface area contributed by atoms with Crippen molar-refractivity contribution in [3.8, 4) is 0 Å². The maximum Gasteiger partial charge on any atom is 0.0544 e. The molecule has 0 aliphatic rings. The minimum atomic E-state index is 0.416. The molecule has 3 heteroatoms. The second-order valence-electron chi connectivity index (χ2n) is 4.34. The van der Waals surface area contributed by atoms with Crippen LogP contribution in [0.1, 0.15) is 44.7 Å². The van der Waals surface area contributed by atoms with E-state index in [-0.39, 0.29) is 0 Å². The first-order chi connectivity index (χ1) is 7.24. The Hall–Kier alpha value is -0.960. The predicted molar refractivity (Wildman–Crippen MR) is 62.5 cm³/mol. The van der Waals surface area contributed by atoms with E-state index in [1.165, 1.54) is 24.8 Å². The van der Waals surface area contributed by atoms with Crippen LogP contribution in [0, 0.1) is 5.92 Å². The maximum absolute atomic E-state index is 3.91. The van der Waals surface area contributed by atoms with Gasteiger partial charge in [0.1, 0.15) is 0 Å². The van der Waals surface area contributed by atoms with Gasteiger partial charge in [-0.25, -0.2) is 0 Å². The minimum absolute atomic E-state index is 0.416. The number of aromatic nitrogens is 2. The van der Waals surface area contributed by atoms with Crippen LogP contribution in [0.2, 0.25) is 0 Å². The van der Waals surface area contributed by atoms with Crippen molar-refractivity contribution in [1.82, 2.24) is 15.5 Å². The normalized spacial score (nSPS) is 13.1. The summed E-state index contributed by atoms with van der Waals surface area (Å²) in [7, 11) is 2.00. The molecule has 1 unspecified atom stereocenters. The first kappa shape index (κ1) is 12.1. The molecule has 0 aliphatic carbocycles. The molecule has 15 heavy (non-hydrogen) atoms.